The summed E-state index contributed by atoms with van der Waals surface area (Å²) in [6, 6.07) is 8.09. The van der Waals surface area contributed by atoms with Crippen molar-refractivity contribution in [1.29, 1.82) is 0 Å². The SMILES string of the molecule is O=c1cc(C(Cl)(Cl)Cl)c2ccccc2o1. The lowest BCUT2D eigenvalue weighted by Crippen LogP contribution is -2.07. The minimum atomic E-state index is -1.63. The molecule has 0 fully saturated rings. The van der Waals surface area contributed by atoms with Crippen LogP contribution in [0.25, 0.3) is 11.0 Å². The molecule has 0 amide bonds. The number of alkyl halides is 3. The van der Waals surface area contributed by atoms with Crippen molar-refractivity contribution < 1.29 is 4.42 Å². The van der Waals surface area contributed by atoms with E-state index in [0.29, 0.717) is 16.5 Å². The summed E-state index contributed by atoms with van der Waals surface area (Å²) in [5.74, 6) is 0. The van der Waals surface area contributed by atoms with Gasteiger partial charge >= 0.3 is 5.63 Å². The molecule has 0 saturated heterocycles. The first kappa shape index (κ1) is 10.8. The van der Waals surface area contributed by atoms with E-state index in [2.05, 4.69) is 0 Å². The van der Waals surface area contributed by atoms with E-state index in [-0.39, 0.29) is 0 Å². The van der Waals surface area contributed by atoms with E-state index in [1.54, 1.807) is 24.3 Å². The largest absolute Gasteiger partial charge is 0.423 e. The zero-order valence-electron chi connectivity index (χ0n) is 7.34. The van der Waals surface area contributed by atoms with Gasteiger partial charge in [-0.05, 0) is 6.07 Å². The minimum absolute atomic E-state index is 0.333. The summed E-state index contributed by atoms with van der Waals surface area (Å²) in [5, 5.41) is 0.622. The average molecular weight is 264 g/mol. The molecule has 15 heavy (non-hydrogen) atoms. The molecule has 0 spiro atoms. The molecule has 2 rings (SSSR count). The highest BCUT2D eigenvalue weighted by Gasteiger charge is 2.26. The van der Waals surface area contributed by atoms with Crippen molar-refractivity contribution >= 4 is 45.8 Å². The lowest BCUT2D eigenvalue weighted by molar-refractivity contribution is 0.559. The van der Waals surface area contributed by atoms with Crippen LogP contribution in [0.1, 0.15) is 5.56 Å². The summed E-state index contributed by atoms with van der Waals surface area (Å²) in [6.07, 6.45) is 0. The molecule has 0 saturated carbocycles. The molecule has 0 unspecified atom stereocenters. The summed E-state index contributed by atoms with van der Waals surface area (Å²) in [4.78, 5) is 11.2. The highest BCUT2D eigenvalue weighted by molar-refractivity contribution is 6.67. The number of halogens is 3. The summed E-state index contributed by atoms with van der Waals surface area (Å²) < 4.78 is 3.34. The third kappa shape index (κ3) is 2.12. The molecule has 78 valence electrons. The van der Waals surface area contributed by atoms with Gasteiger partial charge in [-0.15, -0.1) is 0 Å². The van der Waals surface area contributed by atoms with Crippen LogP contribution < -0.4 is 5.63 Å². The monoisotopic (exact) mass is 262 g/mol. The van der Waals surface area contributed by atoms with Crippen LogP contribution in [0.2, 0.25) is 0 Å². The summed E-state index contributed by atoms with van der Waals surface area (Å²) >= 11 is 17.3. The molecule has 0 atom stereocenters. The second-order valence-electron chi connectivity index (χ2n) is 2.97. The third-order valence-corrected chi connectivity index (χ3v) is 2.57. The van der Waals surface area contributed by atoms with Gasteiger partial charge in [-0.1, -0.05) is 53.0 Å². The quantitative estimate of drug-likeness (QED) is 0.537. The van der Waals surface area contributed by atoms with Crippen molar-refractivity contribution in [2.45, 2.75) is 3.79 Å². The van der Waals surface area contributed by atoms with E-state index >= 15 is 0 Å². The van der Waals surface area contributed by atoms with E-state index in [1.165, 1.54) is 6.07 Å². The Bertz CT molecular complexity index is 554. The summed E-state index contributed by atoms with van der Waals surface area (Å²) in [6.45, 7) is 0. The topological polar surface area (TPSA) is 30.2 Å². The highest BCUT2D eigenvalue weighted by atomic mass is 35.6. The van der Waals surface area contributed by atoms with Gasteiger partial charge in [0.25, 0.3) is 0 Å². The maximum atomic E-state index is 11.2. The zero-order chi connectivity index (χ0) is 11.1. The highest BCUT2D eigenvalue weighted by Crippen LogP contribution is 2.40. The van der Waals surface area contributed by atoms with E-state index in [4.69, 9.17) is 39.2 Å². The van der Waals surface area contributed by atoms with Gasteiger partial charge in [0.15, 0.2) is 0 Å². The van der Waals surface area contributed by atoms with Crippen molar-refractivity contribution in [3.8, 4) is 0 Å². The molecule has 0 N–H and O–H groups in total. The fraction of sp³-hybridized carbons (Fsp3) is 0.100. The first-order chi connectivity index (χ1) is 6.98. The first-order valence-electron chi connectivity index (χ1n) is 4.08. The van der Waals surface area contributed by atoms with Crippen LogP contribution in [-0.4, -0.2) is 0 Å². The molecule has 0 bridgehead atoms. The smallest absolute Gasteiger partial charge is 0.336 e. The number of rotatable bonds is 0. The maximum absolute atomic E-state index is 11.2. The van der Waals surface area contributed by atoms with Gasteiger partial charge < -0.3 is 4.42 Å². The molecule has 1 aromatic heterocycles. The predicted molar refractivity (Wildman–Crippen MR) is 61.7 cm³/mol. The zero-order valence-corrected chi connectivity index (χ0v) is 9.60. The molecule has 0 aliphatic carbocycles. The van der Waals surface area contributed by atoms with Crippen molar-refractivity contribution in [3.05, 3.63) is 46.3 Å². The van der Waals surface area contributed by atoms with Crippen LogP contribution >= 0.6 is 34.8 Å². The van der Waals surface area contributed by atoms with E-state index in [0.717, 1.165) is 0 Å². The van der Waals surface area contributed by atoms with Crippen molar-refractivity contribution in [2.24, 2.45) is 0 Å². The predicted octanol–water partition coefficient (Wildman–Crippen LogP) is 3.62. The van der Waals surface area contributed by atoms with Crippen LogP contribution in [0.15, 0.2) is 39.5 Å². The molecule has 0 aliphatic rings. The molecule has 1 heterocycles. The van der Waals surface area contributed by atoms with Crippen molar-refractivity contribution in [1.82, 2.24) is 0 Å². The van der Waals surface area contributed by atoms with E-state index in [9.17, 15) is 4.79 Å². The lowest BCUT2D eigenvalue weighted by Gasteiger charge is -2.12. The molecule has 0 aliphatic heterocycles. The van der Waals surface area contributed by atoms with Crippen molar-refractivity contribution in [3.63, 3.8) is 0 Å². The molecule has 5 heteroatoms. The molecular formula is C10H5Cl3O2. The third-order valence-electron chi connectivity index (χ3n) is 1.96. The molecule has 1 aromatic carbocycles. The number of hydrogen-bond acceptors (Lipinski definition) is 2. The molecular weight excluding hydrogens is 258 g/mol. The van der Waals surface area contributed by atoms with Crippen LogP contribution in [0, 0.1) is 0 Å². The minimum Gasteiger partial charge on any atom is -0.423 e. The van der Waals surface area contributed by atoms with Gasteiger partial charge in [-0.3, -0.25) is 0 Å². The Morgan fingerprint density at radius 1 is 1.13 bits per heavy atom. The molecule has 2 nitrogen and oxygen atoms in total. The van der Waals surface area contributed by atoms with Gasteiger partial charge in [-0.2, -0.15) is 0 Å². The number of para-hydroxylation sites is 1. The second kappa shape index (κ2) is 3.71. The number of benzene rings is 1. The lowest BCUT2D eigenvalue weighted by atomic mass is 10.1. The maximum Gasteiger partial charge on any atom is 0.336 e. The van der Waals surface area contributed by atoms with Crippen LogP contribution in [-0.2, 0) is 3.79 Å². The Hall–Kier alpha value is -0.700. The number of fused-ring (bicyclic) bond motifs is 1. The van der Waals surface area contributed by atoms with E-state index in [1.807, 2.05) is 0 Å². The van der Waals surface area contributed by atoms with Gasteiger partial charge in [0, 0.05) is 17.0 Å². The Morgan fingerprint density at radius 2 is 1.80 bits per heavy atom. The molecule has 2 aromatic rings. The Kier molecular flexibility index (Phi) is 2.67. The second-order valence-corrected chi connectivity index (χ2v) is 5.25. The Balaban J connectivity index is 2.89. The molecule has 0 radical (unpaired) electrons. The standard InChI is InChI=1S/C10H5Cl3O2/c11-10(12,13)7-5-9(14)15-8-4-2-1-3-6(7)8/h1-5H. The number of hydrogen-bond donors (Lipinski definition) is 0. The normalized spacial score (nSPS) is 11.9. The van der Waals surface area contributed by atoms with Gasteiger partial charge in [0.1, 0.15) is 5.58 Å². The first-order valence-corrected chi connectivity index (χ1v) is 5.22. The van der Waals surface area contributed by atoms with Crippen LogP contribution in [0.3, 0.4) is 0 Å². The fourth-order valence-electron chi connectivity index (χ4n) is 1.35. The van der Waals surface area contributed by atoms with Crippen LogP contribution in [0.5, 0.6) is 0 Å². The average Bonchev–Trinajstić information content (AvgIpc) is 2.15. The Morgan fingerprint density at radius 3 is 2.47 bits per heavy atom. The van der Waals surface area contributed by atoms with E-state index < -0.39 is 9.42 Å². The van der Waals surface area contributed by atoms with Crippen molar-refractivity contribution in [2.75, 3.05) is 0 Å². The summed E-state index contributed by atoms with van der Waals surface area (Å²) in [7, 11) is 0. The summed E-state index contributed by atoms with van der Waals surface area (Å²) in [5.41, 5.74) is 0.209. The Labute approximate surface area is 100 Å². The van der Waals surface area contributed by atoms with Gasteiger partial charge in [0.05, 0.1) is 0 Å². The van der Waals surface area contributed by atoms with Gasteiger partial charge in [0.2, 0.25) is 3.79 Å². The fourth-order valence-corrected chi connectivity index (χ4v) is 1.82. The van der Waals surface area contributed by atoms with Gasteiger partial charge in [-0.25, -0.2) is 4.79 Å². The van der Waals surface area contributed by atoms with Crippen LogP contribution in [0.4, 0.5) is 0 Å².